The van der Waals surface area contributed by atoms with E-state index >= 15 is 0 Å². The third-order valence-electron chi connectivity index (χ3n) is 5.24. The van der Waals surface area contributed by atoms with Gasteiger partial charge in [-0.25, -0.2) is 8.42 Å². The van der Waals surface area contributed by atoms with Crippen LogP contribution in [0.3, 0.4) is 0 Å². The fraction of sp³-hybridized carbons (Fsp3) is 0.391. The van der Waals surface area contributed by atoms with Crippen LogP contribution < -0.4 is 11.1 Å². The molecule has 0 saturated heterocycles. The highest BCUT2D eigenvalue weighted by Gasteiger charge is 2.31. The predicted octanol–water partition coefficient (Wildman–Crippen LogP) is 2.81. The number of methoxy groups -OCH3 is 1. The second-order valence-electron chi connectivity index (χ2n) is 7.84. The highest BCUT2D eigenvalue weighted by atomic mass is 35.5. The van der Waals surface area contributed by atoms with Gasteiger partial charge in [0.15, 0.2) is 0 Å². The summed E-state index contributed by atoms with van der Waals surface area (Å²) in [4.78, 5) is 23.8. The fourth-order valence-electron chi connectivity index (χ4n) is 3.28. The SMILES string of the molecule is COCCNC(=O)c1ccc(CN(C(C)CC(C)C(N)=O)S(=O)(=O)c2ccc(Cl)cc2)cc1. The largest absolute Gasteiger partial charge is 0.383 e. The topological polar surface area (TPSA) is 119 Å². The van der Waals surface area contributed by atoms with Crippen LogP contribution in [0, 0.1) is 5.92 Å². The monoisotopic (exact) mass is 495 g/mol. The van der Waals surface area contributed by atoms with Crippen LogP contribution in [-0.4, -0.2) is 50.8 Å². The molecule has 0 aromatic heterocycles. The van der Waals surface area contributed by atoms with Crippen molar-refractivity contribution >= 4 is 33.4 Å². The molecule has 2 unspecified atom stereocenters. The molecule has 0 radical (unpaired) electrons. The van der Waals surface area contributed by atoms with E-state index < -0.39 is 27.9 Å². The Morgan fingerprint density at radius 3 is 2.24 bits per heavy atom. The van der Waals surface area contributed by atoms with E-state index in [1.807, 2.05) is 0 Å². The van der Waals surface area contributed by atoms with Crippen molar-refractivity contribution in [3.8, 4) is 0 Å². The van der Waals surface area contributed by atoms with E-state index in [0.717, 1.165) is 0 Å². The van der Waals surface area contributed by atoms with Gasteiger partial charge in [-0.05, 0) is 55.3 Å². The normalized spacial score (nSPS) is 13.5. The molecule has 2 aromatic rings. The lowest BCUT2D eigenvalue weighted by molar-refractivity contribution is -0.121. The van der Waals surface area contributed by atoms with Crippen molar-refractivity contribution in [1.29, 1.82) is 0 Å². The number of benzene rings is 2. The molecule has 2 aromatic carbocycles. The molecular weight excluding hydrogens is 466 g/mol. The molecule has 33 heavy (non-hydrogen) atoms. The predicted molar refractivity (Wildman–Crippen MR) is 127 cm³/mol. The second kappa shape index (κ2) is 12.1. The van der Waals surface area contributed by atoms with Gasteiger partial charge < -0.3 is 15.8 Å². The number of amides is 2. The van der Waals surface area contributed by atoms with Crippen LogP contribution in [0.1, 0.15) is 36.2 Å². The van der Waals surface area contributed by atoms with E-state index in [-0.39, 0.29) is 23.8 Å². The first-order valence-corrected chi connectivity index (χ1v) is 12.3. The van der Waals surface area contributed by atoms with Crippen molar-refractivity contribution in [2.75, 3.05) is 20.3 Å². The Bertz CT molecular complexity index is 1040. The quantitative estimate of drug-likeness (QED) is 0.439. The molecule has 2 atom stereocenters. The van der Waals surface area contributed by atoms with Crippen molar-refractivity contribution in [1.82, 2.24) is 9.62 Å². The van der Waals surface area contributed by atoms with Gasteiger partial charge in [0, 0.05) is 42.7 Å². The number of halogens is 1. The summed E-state index contributed by atoms with van der Waals surface area (Å²) in [6.45, 7) is 4.26. The number of hydrogen-bond donors (Lipinski definition) is 2. The highest BCUT2D eigenvalue weighted by Crippen LogP contribution is 2.25. The number of sulfonamides is 1. The molecule has 0 aliphatic rings. The molecule has 10 heteroatoms. The molecule has 8 nitrogen and oxygen atoms in total. The summed E-state index contributed by atoms with van der Waals surface area (Å²) in [5, 5.41) is 3.16. The summed E-state index contributed by atoms with van der Waals surface area (Å²) in [7, 11) is -2.35. The van der Waals surface area contributed by atoms with Gasteiger partial charge in [0.1, 0.15) is 0 Å². The standard InChI is InChI=1S/C23H30ClN3O5S/c1-16(22(25)28)14-17(2)27(33(30,31)21-10-8-20(24)9-11-21)15-18-4-6-19(7-5-18)23(29)26-12-13-32-3/h4-11,16-17H,12-15H2,1-3H3,(H2,25,28)(H,26,29). The molecule has 3 N–H and O–H groups in total. The highest BCUT2D eigenvalue weighted by molar-refractivity contribution is 7.89. The number of ether oxygens (including phenoxy) is 1. The van der Waals surface area contributed by atoms with Crippen LogP contribution in [0.5, 0.6) is 0 Å². The zero-order valence-corrected chi connectivity index (χ0v) is 20.5. The summed E-state index contributed by atoms with van der Waals surface area (Å²) in [5.74, 6) is -1.23. The van der Waals surface area contributed by atoms with Gasteiger partial charge in [-0.15, -0.1) is 0 Å². The molecule has 0 heterocycles. The molecule has 2 amide bonds. The molecule has 2 rings (SSSR count). The Morgan fingerprint density at radius 1 is 1.09 bits per heavy atom. The van der Waals surface area contributed by atoms with E-state index in [4.69, 9.17) is 22.1 Å². The van der Waals surface area contributed by atoms with Crippen molar-refractivity contribution < 1.29 is 22.7 Å². The molecule has 0 fully saturated rings. The summed E-state index contributed by atoms with van der Waals surface area (Å²) >= 11 is 5.92. The number of rotatable bonds is 12. The first-order chi connectivity index (χ1) is 15.6. The lowest BCUT2D eigenvalue weighted by Gasteiger charge is -2.30. The lowest BCUT2D eigenvalue weighted by Crippen LogP contribution is -2.40. The van der Waals surface area contributed by atoms with Crippen LogP contribution in [0.2, 0.25) is 5.02 Å². The first-order valence-electron chi connectivity index (χ1n) is 10.5. The van der Waals surface area contributed by atoms with Crippen LogP contribution in [0.4, 0.5) is 0 Å². The Hall–Kier alpha value is -2.46. The Balaban J connectivity index is 2.29. The average Bonchev–Trinajstić information content (AvgIpc) is 2.77. The van der Waals surface area contributed by atoms with Crippen LogP contribution >= 0.6 is 11.6 Å². The summed E-state index contributed by atoms with van der Waals surface area (Å²) < 4.78 is 33.2. The van der Waals surface area contributed by atoms with Crippen LogP contribution in [-0.2, 0) is 26.1 Å². The number of nitrogens with one attached hydrogen (secondary N) is 1. The van der Waals surface area contributed by atoms with Crippen LogP contribution in [0.25, 0.3) is 0 Å². The zero-order chi connectivity index (χ0) is 24.6. The summed E-state index contributed by atoms with van der Waals surface area (Å²) in [6, 6.07) is 12.1. The molecular formula is C23H30ClN3O5S. The minimum absolute atomic E-state index is 0.0587. The number of hydrogen-bond acceptors (Lipinski definition) is 5. The fourth-order valence-corrected chi connectivity index (χ4v) is 5.03. The Kier molecular flexibility index (Phi) is 9.85. The minimum atomic E-state index is -3.90. The second-order valence-corrected chi connectivity index (χ2v) is 10.2. The van der Waals surface area contributed by atoms with Crippen molar-refractivity contribution in [2.45, 2.75) is 37.8 Å². The van der Waals surface area contributed by atoms with Gasteiger partial charge in [-0.1, -0.05) is 30.7 Å². The van der Waals surface area contributed by atoms with Crippen molar-refractivity contribution in [3.05, 3.63) is 64.7 Å². The maximum absolute atomic E-state index is 13.5. The number of carbonyl (C=O) groups is 2. The summed E-state index contributed by atoms with van der Waals surface area (Å²) in [5.41, 5.74) is 6.54. The van der Waals surface area contributed by atoms with Gasteiger partial charge >= 0.3 is 0 Å². The average molecular weight is 496 g/mol. The third kappa shape index (κ3) is 7.53. The van der Waals surface area contributed by atoms with E-state index in [1.165, 1.54) is 28.6 Å². The van der Waals surface area contributed by atoms with E-state index in [1.54, 1.807) is 45.2 Å². The number of carbonyl (C=O) groups excluding carboxylic acids is 2. The molecule has 0 spiro atoms. The number of nitrogens with zero attached hydrogens (tertiary/aromatic N) is 1. The zero-order valence-electron chi connectivity index (χ0n) is 19.0. The van der Waals surface area contributed by atoms with Gasteiger partial charge in [0.25, 0.3) is 5.91 Å². The third-order valence-corrected chi connectivity index (χ3v) is 7.46. The molecule has 0 aliphatic heterocycles. The molecule has 0 saturated carbocycles. The summed E-state index contributed by atoms with van der Waals surface area (Å²) in [6.07, 6.45) is 0.266. The van der Waals surface area contributed by atoms with Gasteiger partial charge in [-0.3, -0.25) is 9.59 Å². The Morgan fingerprint density at radius 2 is 1.70 bits per heavy atom. The van der Waals surface area contributed by atoms with Gasteiger partial charge in [0.2, 0.25) is 15.9 Å². The van der Waals surface area contributed by atoms with Crippen LogP contribution in [0.15, 0.2) is 53.4 Å². The van der Waals surface area contributed by atoms with Gasteiger partial charge in [-0.2, -0.15) is 4.31 Å². The minimum Gasteiger partial charge on any atom is -0.383 e. The molecule has 0 aliphatic carbocycles. The van der Waals surface area contributed by atoms with Gasteiger partial charge in [0.05, 0.1) is 11.5 Å². The number of primary amides is 1. The molecule has 180 valence electrons. The first kappa shape index (κ1) is 26.8. The maximum Gasteiger partial charge on any atom is 0.251 e. The Labute approximate surface area is 200 Å². The van der Waals surface area contributed by atoms with E-state index in [2.05, 4.69) is 5.32 Å². The van der Waals surface area contributed by atoms with E-state index in [9.17, 15) is 18.0 Å². The lowest BCUT2D eigenvalue weighted by atomic mass is 10.0. The van der Waals surface area contributed by atoms with E-state index in [0.29, 0.717) is 29.3 Å². The van der Waals surface area contributed by atoms with Crippen molar-refractivity contribution in [3.63, 3.8) is 0 Å². The van der Waals surface area contributed by atoms with Crippen molar-refractivity contribution in [2.24, 2.45) is 11.7 Å². The number of nitrogens with two attached hydrogens (primary N) is 1. The maximum atomic E-state index is 13.5. The molecule has 0 bridgehead atoms. The smallest absolute Gasteiger partial charge is 0.251 e.